The number of ether oxygens (including phenoxy) is 6. The van der Waals surface area contributed by atoms with Crippen molar-refractivity contribution in [2.45, 2.75) is 52.6 Å². The molecule has 0 saturated heterocycles. The van der Waals surface area contributed by atoms with E-state index in [1.54, 1.807) is 0 Å². The molecule has 0 saturated carbocycles. The number of hydrogen-bond acceptors (Lipinski definition) is 9. The summed E-state index contributed by atoms with van der Waals surface area (Å²) in [5.41, 5.74) is 0. The van der Waals surface area contributed by atoms with Gasteiger partial charge in [-0.1, -0.05) is 26.7 Å². The molecule has 0 N–H and O–H groups in total. The third kappa shape index (κ3) is 14.3. The minimum atomic E-state index is -1.03. The maximum atomic E-state index is 11.5. The summed E-state index contributed by atoms with van der Waals surface area (Å²) in [5.74, 6) is -0.616. The van der Waals surface area contributed by atoms with Gasteiger partial charge >= 0.3 is 18.3 Å². The van der Waals surface area contributed by atoms with Crippen LogP contribution in [0.4, 0.5) is 9.59 Å². The van der Waals surface area contributed by atoms with Crippen LogP contribution < -0.4 is 0 Å². The lowest BCUT2D eigenvalue weighted by Crippen LogP contribution is -2.27. The number of hydrogen-bond donors (Lipinski definition) is 0. The normalized spacial score (nSPS) is 11.3. The molecule has 26 heavy (non-hydrogen) atoms. The topological polar surface area (TPSA) is 107 Å². The van der Waals surface area contributed by atoms with Gasteiger partial charge in [0.05, 0.1) is 26.4 Å². The van der Waals surface area contributed by atoms with Gasteiger partial charge in [-0.2, -0.15) is 0 Å². The van der Waals surface area contributed by atoms with Crippen LogP contribution >= 0.6 is 0 Å². The molecule has 0 aromatic heterocycles. The largest absolute Gasteiger partial charge is 0.509 e. The predicted molar refractivity (Wildman–Crippen MR) is 90.8 cm³/mol. The van der Waals surface area contributed by atoms with Crippen molar-refractivity contribution in [1.29, 1.82) is 0 Å². The molecule has 0 unspecified atom stereocenters. The Balaban J connectivity index is 3.56. The summed E-state index contributed by atoms with van der Waals surface area (Å²) in [4.78, 5) is 34.0. The molecule has 0 rings (SSSR count). The third-order valence-electron chi connectivity index (χ3n) is 2.96. The fourth-order valence-corrected chi connectivity index (χ4v) is 1.47. The molecule has 0 aliphatic heterocycles. The van der Waals surface area contributed by atoms with Gasteiger partial charge in [0.1, 0.15) is 13.2 Å². The molecule has 0 amide bonds. The maximum Gasteiger partial charge on any atom is 0.509 e. The molecule has 0 radical (unpaired) electrons. The second-order valence-electron chi connectivity index (χ2n) is 5.29. The highest BCUT2D eigenvalue weighted by Gasteiger charge is 2.19. The minimum absolute atomic E-state index is 0.0377. The van der Waals surface area contributed by atoms with E-state index in [0.29, 0.717) is 13.2 Å². The zero-order chi connectivity index (χ0) is 19.6. The van der Waals surface area contributed by atoms with Crippen LogP contribution in [0.2, 0.25) is 0 Å². The van der Waals surface area contributed by atoms with Crippen LogP contribution in [0, 0.1) is 0 Å². The molecule has 0 bridgehead atoms. The van der Waals surface area contributed by atoms with Crippen molar-refractivity contribution in [1.82, 2.24) is 0 Å². The summed E-state index contributed by atoms with van der Waals surface area (Å²) >= 11 is 0. The average Bonchev–Trinajstić information content (AvgIpc) is 2.61. The standard InChI is InChI=1S/C17H30O9/c1-4-6-8-22-15(18)14(3)26-17(20)25-13-11-21-10-12-24-16(19)23-9-7-5-2/h14H,4-13H2,1-3H3/t14-/m1/s1. The van der Waals surface area contributed by atoms with E-state index in [1.807, 2.05) is 13.8 Å². The van der Waals surface area contributed by atoms with E-state index in [4.69, 9.17) is 28.4 Å². The van der Waals surface area contributed by atoms with Crippen molar-refractivity contribution >= 4 is 18.3 Å². The Kier molecular flexibility index (Phi) is 15.2. The Morgan fingerprint density at radius 2 is 1.19 bits per heavy atom. The van der Waals surface area contributed by atoms with E-state index < -0.39 is 24.4 Å². The summed E-state index contributed by atoms with van der Waals surface area (Å²) in [6.45, 7) is 6.20. The van der Waals surface area contributed by atoms with Gasteiger partial charge in [0, 0.05) is 0 Å². The van der Waals surface area contributed by atoms with Crippen molar-refractivity contribution in [3.05, 3.63) is 0 Å². The van der Waals surface area contributed by atoms with Gasteiger partial charge in [-0.25, -0.2) is 14.4 Å². The summed E-state index contributed by atoms with van der Waals surface area (Å²) in [6, 6.07) is 0. The summed E-state index contributed by atoms with van der Waals surface area (Å²) in [6.07, 6.45) is 0.611. The molecule has 0 heterocycles. The van der Waals surface area contributed by atoms with Gasteiger partial charge in [0.25, 0.3) is 0 Å². The van der Waals surface area contributed by atoms with Gasteiger partial charge < -0.3 is 28.4 Å². The summed E-state index contributed by atoms with van der Waals surface area (Å²) in [7, 11) is 0. The van der Waals surface area contributed by atoms with Crippen molar-refractivity contribution in [3.63, 3.8) is 0 Å². The SMILES string of the molecule is CCCCOC(=O)OCCOCCOC(=O)O[C@H](C)C(=O)OCCCC. The van der Waals surface area contributed by atoms with Crippen LogP contribution in [-0.4, -0.2) is 64.0 Å². The lowest BCUT2D eigenvalue weighted by molar-refractivity contribution is -0.154. The second-order valence-corrected chi connectivity index (χ2v) is 5.29. The zero-order valence-electron chi connectivity index (χ0n) is 15.8. The number of rotatable bonds is 14. The van der Waals surface area contributed by atoms with E-state index >= 15 is 0 Å². The molecular formula is C17H30O9. The predicted octanol–water partition coefficient (Wildman–Crippen LogP) is 2.84. The fourth-order valence-electron chi connectivity index (χ4n) is 1.47. The summed E-state index contributed by atoms with van der Waals surface area (Å²) in [5, 5.41) is 0. The van der Waals surface area contributed by atoms with E-state index in [0.717, 1.165) is 25.7 Å². The first-order valence-corrected chi connectivity index (χ1v) is 8.88. The van der Waals surface area contributed by atoms with Gasteiger partial charge in [0.2, 0.25) is 0 Å². The molecule has 9 nitrogen and oxygen atoms in total. The van der Waals surface area contributed by atoms with E-state index in [-0.39, 0.29) is 26.4 Å². The van der Waals surface area contributed by atoms with Gasteiger partial charge in [0.15, 0.2) is 6.10 Å². The Hall–Kier alpha value is -2.03. The fraction of sp³-hybridized carbons (Fsp3) is 0.824. The van der Waals surface area contributed by atoms with Crippen molar-refractivity contribution < 1.29 is 42.8 Å². The van der Waals surface area contributed by atoms with Gasteiger partial charge in [-0.3, -0.25) is 0 Å². The first-order valence-electron chi connectivity index (χ1n) is 8.88. The van der Waals surface area contributed by atoms with E-state index in [1.165, 1.54) is 6.92 Å². The highest BCUT2D eigenvalue weighted by atomic mass is 16.7. The van der Waals surface area contributed by atoms with E-state index in [9.17, 15) is 14.4 Å². The van der Waals surface area contributed by atoms with Crippen molar-refractivity contribution in [2.24, 2.45) is 0 Å². The molecular weight excluding hydrogens is 348 g/mol. The lowest BCUT2D eigenvalue weighted by atomic mass is 10.3. The molecule has 152 valence electrons. The first kappa shape index (κ1) is 24.0. The molecule has 0 aromatic carbocycles. The number of carbonyl (C=O) groups excluding carboxylic acids is 3. The molecule has 0 aliphatic carbocycles. The average molecular weight is 378 g/mol. The molecule has 1 atom stereocenters. The Morgan fingerprint density at radius 3 is 1.77 bits per heavy atom. The maximum absolute atomic E-state index is 11.5. The van der Waals surface area contributed by atoms with Crippen molar-refractivity contribution in [2.75, 3.05) is 39.6 Å². The monoisotopic (exact) mass is 378 g/mol. The first-order chi connectivity index (χ1) is 12.5. The van der Waals surface area contributed by atoms with Crippen LogP contribution in [-0.2, 0) is 33.2 Å². The second kappa shape index (κ2) is 16.4. The third-order valence-corrected chi connectivity index (χ3v) is 2.96. The van der Waals surface area contributed by atoms with Gasteiger partial charge in [-0.05, 0) is 19.8 Å². The quantitative estimate of drug-likeness (QED) is 0.256. The Morgan fingerprint density at radius 1 is 0.692 bits per heavy atom. The molecule has 0 aliphatic rings. The number of carbonyl (C=O) groups is 3. The molecule has 9 heteroatoms. The minimum Gasteiger partial charge on any atom is -0.463 e. The highest BCUT2D eigenvalue weighted by molar-refractivity contribution is 5.76. The van der Waals surface area contributed by atoms with Crippen LogP contribution in [0.3, 0.4) is 0 Å². The van der Waals surface area contributed by atoms with Crippen LogP contribution in [0.5, 0.6) is 0 Å². The smallest absolute Gasteiger partial charge is 0.463 e. The number of unbranched alkanes of at least 4 members (excludes halogenated alkanes) is 2. The molecule has 0 aromatic rings. The molecule has 0 spiro atoms. The summed E-state index contributed by atoms with van der Waals surface area (Å²) < 4.78 is 29.1. The Bertz CT molecular complexity index is 398. The van der Waals surface area contributed by atoms with Gasteiger partial charge in [-0.15, -0.1) is 0 Å². The molecule has 0 fully saturated rings. The number of esters is 1. The van der Waals surface area contributed by atoms with Crippen LogP contribution in [0.15, 0.2) is 0 Å². The highest BCUT2D eigenvalue weighted by Crippen LogP contribution is 1.99. The zero-order valence-corrected chi connectivity index (χ0v) is 15.8. The van der Waals surface area contributed by atoms with Crippen LogP contribution in [0.1, 0.15) is 46.5 Å². The lowest BCUT2D eigenvalue weighted by Gasteiger charge is -2.12. The van der Waals surface area contributed by atoms with Crippen LogP contribution in [0.25, 0.3) is 0 Å². The Labute approximate surface area is 154 Å². The van der Waals surface area contributed by atoms with E-state index in [2.05, 4.69) is 0 Å². The van der Waals surface area contributed by atoms with Crippen molar-refractivity contribution in [3.8, 4) is 0 Å².